The van der Waals surface area contributed by atoms with Gasteiger partial charge in [-0.05, 0) is 35.2 Å². The molecular weight excluding hydrogens is 369 g/mol. The number of amides is 1. The molecule has 0 bridgehead atoms. The number of aromatic nitrogens is 3. The second-order valence-electron chi connectivity index (χ2n) is 7.85. The number of fused-ring (bicyclic) bond motifs is 3. The van der Waals surface area contributed by atoms with Gasteiger partial charge in [0.05, 0.1) is 0 Å². The lowest BCUT2D eigenvalue weighted by Crippen LogP contribution is -2.27. The molecular formula is C22H22FN5O. The predicted molar refractivity (Wildman–Crippen MR) is 106 cm³/mol. The number of halogens is 1. The standard InChI is InChI=1S/C22H22FN5O/c23-18-5-3-15(4-6-18)11-27-12-17-13-28-20(19(17)14-27)10-25-21(28)22(29)26-9-16-2-1-7-24-8-16/h1-8,10,17,19H,9,11-14H2,(H,26,29)/t17-,19-/m0/s1. The van der Waals surface area contributed by atoms with Gasteiger partial charge in [0.2, 0.25) is 0 Å². The van der Waals surface area contributed by atoms with Crippen molar-refractivity contribution in [3.8, 4) is 0 Å². The van der Waals surface area contributed by atoms with Crippen molar-refractivity contribution >= 4 is 5.91 Å². The smallest absolute Gasteiger partial charge is 0.287 e. The van der Waals surface area contributed by atoms with Crippen LogP contribution in [0.4, 0.5) is 4.39 Å². The molecule has 0 spiro atoms. The molecule has 1 N–H and O–H groups in total. The average Bonchev–Trinajstić information content (AvgIpc) is 3.40. The summed E-state index contributed by atoms with van der Waals surface area (Å²) in [6, 6.07) is 10.5. The summed E-state index contributed by atoms with van der Waals surface area (Å²) in [5, 5.41) is 2.94. The van der Waals surface area contributed by atoms with Crippen LogP contribution in [-0.4, -0.2) is 38.4 Å². The van der Waals surface area contributed by atoms with Crippen molar-refractivity contribution in [1.82, 2.24) is 24.8 Å². The van der Waals surface area contributed by atoms with E-state index in [9.17, 15) is 9.18 Å². The molecule has 2 aliphatic rings. The maximum absolute atomic E-state index is 13.1. The van der Waals surface area contributed by atoms with Gasteiger partial charge in [0.1, 0.15) is 5.82 Å². The zero-order chi connectivity index (χ0) is 19.8. The summed E-state index contributed by atoms with van der Waals surface area (Å²) in [7, 11) is 0. The Kier molecular flexibility index (Phi) is 4.60. The Hall–Kier alpha value is -3.06. The van der Waals surface area contributed by atoms with Crippen molar-refractivity contribution in [3.05, 3.63) is 83.5 Å². The molecule has 7 heteroatoms. The molecule has 0 saturated carbocycles. The summed E-state index contributed by atoms with van der Waals surface area (Å²) in [5.74, 6) is 1.01. The average molecular weight is 391 g/mol. The van der Waals surface area contributed by atoms with Gasteiger partial charge in [0.25, 0.3) is 5.91 Å². The lowest BCUT2D eigenvalue weighted by Gasteiger charge is -2.17. The number of carbonyl (C=O) groups is 1. The fourth-order valence-electron chi connectivity index (χ4n) is 4.51. The minimum absolute atomic E-state index is 0.150. The van der Waals surface area contributed by atoms with E-state index in [0.29, 0.717) is 24.2 Å². The van der Waals surface area contributed by atoms with Crippen molar-refractivity contribution in [1.29, 1.82) is 0 Å². The molecule has 2 aromatic heterocycles. The first-order valence-electron chi connectivity index (χ1n) is 9.86. The number of likely N-dealkylation sites (tertiary alicyclic amines) is 1. The number of pyridine rings is 1. The van der Waals surface area contributed by atoms with Crippen molar-refractivity contribution in [2.45, 2.75) is 25.6 Å². The minimum Gasteiger partial charge on any atom is -0.345 e. The molecule has 0 aliphatic carbocycles. The van der Waals surface area contributed by atoms with Gasteiger partial charge >= 0.3 is 0 Å². The first-order chi connectivity index (χ1) is 14.2. The van der Waals surface area contributed by atoms with Crippen LogP contribution in [0, 0.1) is 11.7 Å². The van der Waals surface area contributed by atoms with Gasteiger partial charge in [-0.15, -0.1) is 0 Å². The molecule has 3 aromatic rings. The Balaban J connectivity index is 1.24. The first kappa shape index (κ1) is 18.0. The van der Waals surface area contributed by atoms with E-state index >= 15 is 0 Å². The summed E-state index contributed by atoms with van der Waals surface area (Å²) in [6.07, 6.45) is 5.31. The fourth-order valence-corrected chi connectivity index (χ4v) is 4.51. The number of rotatable bonds is 5. The number of hydrogen-bond donors (Lipinski definition) is 1. The van der Waals surface area contributed by atoms with Gasteiger partial charge in [-0.1, -0.05) is 18.2 Å². The molecule has 0 radical (unpaired) electrons. The highest BCUT2D eigenvalue weighted by Gasteiger charge is 2.42. The van der Waals surface area contributed by atoms with Crippen LogP contribution in [0.5, 0.6) is 0 Å². The normalized spacial score (nSPS) is 20.4. The van der Waals surface area contributed by atoms with Crippen molar-refractivity contribution in [3.63, 3.8) is 0 Å². The highest BCUT2D eigenvalue weighted by Crippen LogP contribution is 2.40. The van der Waals surface area contributed by atoms with Gasteiger partial charge < -0.3 is 9.88 Å². The van der Waals surface area contributed by atoms with E-state index in [1.54, 1.807) is 12.4 Å². The van der Waals surface area contributed by atoms with Crippen LogP contribution in [-0.2, 0) is 19.6 Å². The fraction of sp³-hybridized carbons (Fsp3) is 0.318. The second-order valence-corrected chi connectivity index (χ2v) is 7.85. The molecule has 2 aliphatic heterocycles. The molecule has 29 heavy (non-hydrogen) atoms. The lowest BCUT2D eigenvalue weighted by molar-refractivity contribution is 0.0935. The van der Waals surface area contributed by atoms with Crippen molar-refractivity contribution in [2.75, 3.05) is 13.1 Å². The lowest BCUT2D eigenvalue weighted by atomic mass is 9.98. The third-order valence-electron chi connectivity index (χ3n) is 5.90. The van der Waals surface area contributed by atoms with E-state index in [1.165, 1.54) is 12.1 Å². The molecule has 1 fully saturated rings. The zero-order valence-electron chi connectivity index (χ0n) is 16.0. The van der Waals surface area contributed by atoms with Crippen LogP contribution in [0.15, 0.2) is 55.0 Å². The van der Waals surface area contributed by atoms with Crippen molar-refractivity contribution in [2.24, 2.45) is 5.92 Å². The Bertz CT molecular complexity index is 1020. The van der Waals surface area contributed by atoms with Crippen LogP contribution in [0.1, 0.15) is 33.4 Å². The maximum Gasteiger partial charge on any atom is 0.287 e. The van der Waals surface area contributed by atoms with Gasteiger partial charge in [-0.2, -0.15) is 0 Å². The molecule has 5 rings (SSSR count). The van der Waals surface area contributed by atoms with E-state index in [0.717, 1.165) is 43.0 Å². The highest BCUT2D eigenvalue weighted by molar-refractivity contribution is 5.91. The topological polar surface area (TPSA) is 63.1 Å². The minimum atomic E-state index is -0.203. The highest BCUT2D eigenvalue weighted by atomic mass is 19.1. The molecule has 0 unspecified atom stereocenters. The van der Waals surface area contributed by atoms with Gasteiger partial charge in [-0.25, -0.2) is 9.37 Å². The first-order valence-corrected chi connectivity index (χ1v) is 9.86. The van der Waals surface area contributed by atoms with Crippen LogP contribution in [0.3, 0.4) is 0 Å². The number of carbonyl (C=O) groups excluding carboxylic acids is 1. The maximum atomic E-state index is 13.1. The van der Waals surface area contributed by atoms with E-state index in [2.05, 4.69) is 24.8 Å². The summed E-state index contributed by atoms with van der Waals surface area (Å²) < 4.78 is 15.2. The summed E-state index contributed by atoms with van der Waals surface area (Å²) >= 11 is 0. The SMILES string of the molecule is O=C(NCc1cccnc1)c1ncc2n1C[C@@H]1CN(Cc3ccc(F)cc3)C[C@H]21. The summed E-state index contributed by atoms with van der Waals surface area (Å²) in [6.45, 7) is 3.98. The molecule has 1 saturated heterocycles. The Morgan fingerprint density at radius 1 is 1.10 bits per heavy atom. The second kappa shape index (κ2) is 7.40. The molecule has 148 valence electrons. The third kappa shape index (κ3) is 3.53. The molecule has 2 atom stereocenters. The summed E-state index contributed by atoms with van der Waals surface area (Å²) in [4.78, 5) is 23.5. The van der Waals surface area contributed by atoms with Crippen LogP contribution in [0.2, 0.25) is 0 Å². The Morgan fingerprint density at radius 2 is 1.97 bits per heavy atom. The van der Waals surface area contributed by atoms with Crippen LogP contribution in [0.25, 0.3) is 0 Å². The largest absolute Gasteiger partial charge is 0.345 e. The van der Waals surface area contributed by atoms with Gasteiger partial charge in [0, 0.05) is 62.9 Å². The van der Waals surface area contributed by atoms with Crippen molar-refractivity contribution < 1.29 is 9.18 Å². The number of hydrogen-bond acceptors (Lipinski definition) is 4. The number of imidazole rings is 1. The monoisotopic (exact) mass is 391 g/mol. The van der Waals surface area contributed by atoms with Gasteiger partial charge in [0.15, 0.2) is 5.82 Å². The van der Waals surface area contributed by atoms with E-state index in [-0.39, 0.29) is 11.7 Å². The molecule has 1 amide bonds. The van der Waals surface area contributed by atoms with E-state index in [1.807, 2.05) is 30.5 Å². The van der Waals surface area contributed by atoms with E-state index < -0.39 is 0 Å². The Labute approximate surface area is 168 Å². The number of nitrogens with zero attached hydrogens (tertiary/aromatic N) is 4. The summed E-state index contributed by atoms with van der Waals surface area (Å²) in [5.41, 5.74) is 3.22. The van der Waals surface area contributed by atoms with Crippen LogP contribution < -0.4 is 5.32 Å². The molecule has 4 heterocycles. The zero-order valence-corrected chi connectivity index (χ0v) is 16.0. The van der Waals surface area contributed by atoms with E-state index in [4.69, 9.17) is 0 Å². The molecule has 6 nitrogen and oxygen atoms in total. The van der Waals surface area contributed by atoms with Gasteiger partial charge in [-0.3, -0.25) is 14.7 Å². The van der Waals surface area contributed by atoms with Crippen LogP contribution >= 0.6 is 0 Å². The predicted octanol–water partition coefficient (Wildman–Crippen LogP) is 2.58. The number of nitrogens with one attached hydrogen (secondary N) is 1. The third-order valence-corrected chi connectivity index (χ3v) is 5.90. The Morgan fingerprint density at radius 3 is 2.76 bits per heavy atom. The quantitative estimate of drug-likeness (QED) is 0.726. The molecule has 1 aromatic carbocycles. The number of benzene rings is 1.